The smallest absolute Gasteiger partial charge is 0.123 e. The van der Waals surface area contributed by atoms with Gasteiger partial charge in [-0.2, -0.15) is 0 Å². The first kappa shape index (κ1) is 10.6. The fourth-order valence-electron chi connectivity index (χ4n) is 1.99. The van der Waals surface area contributed by atoms with Crippen LogP contribution in [0.15, 0.2) is 24.3 Å². The van der Waals surface area contributed by atoms with Gasteiger partial charge in [-0.15, -0.1) is 0 Å². The number of nitrogens with one attached hydrogen (secondary N) is 1. The zero-order chi connectivity index (χ0) is 10.8. The van der Waals surface area contributed by atoms with Gasteiger partial charge >= 0.3 is 0 Å². The van der Waals surface area contributed by atoms with Crippen LogP contribution >= 0.6 is 0 Å². The second-order valence-corrected chi connectivity index (χ2v) is 4.50. The zero-order valence-corrected chi connectivity index (χ0v) is 9.33. The Hall–Kier alpha value is -0.890. The van der Waals surface area contributed by atoms with Gasteiger partial charge in [0.2, 0.25) is 0 Å². The minimum atomic E-state index is -0.142. The van der Waals surface area contributed by atoms with E-state index in [-0.39, 0.29) is 5.82 Å². The molecule has 0 radical (unpaired) electrons. The Bertz CT molecular complexity index is 337. The number of benzene rings is 1. The Balaban J connectivity index is 2.05. The van der Waals surface area contributed by atoms with Crippen LogP contribution in [0.4, 0.5) is 4.39 Å². The summed E-state index contributed by atoms with van der Waals surface area (Å²) in [4.78, 5) is 0. The van der Waals surface area contributed by atoms with Crippen molar-refractivity contribution in [2.45, 2.75) is 38.8 Å². The van der Waals surface area contributed by atoms with E-state index in [0.29, 0.717) is 12.1 Å². The summed E-state index contributed by atoms with van der Waals surface area (Å²) in [5, 5.41) is 3.57. The molecule has 1 aliphatic rings. The van der Waals surface area contributed by atoms with Crippen LogP contribution in [0.2, 0.25) is 0 Å². The Labute approximate surface area is 90.7 Å². The lowest BCUT2D eigenvalue weighted by molar-refractivity contribution is 0.499. The maximum absolute atomic E-state index is 13.1. The van der Waals surface area contributed by atoms with Gasteiger partial charge < -0.3 is 5.32 Å². The molecule has 1 nitrogen and oxygen atoms in total. The maximum Gasteiger partial charge on any atom is 0.123 e. The monoisotopic (exact) mass is 207 g/mol. The van der Waals surface area contributed by atoms with Gasteiger partial charge in [0, 0.05) is 12.1 Å². The van der Waals surface area contributed by atoms with Crippen LogP contribution in [0.5, 0.6) is 0 Å². The molecule has 1 N–H and O–H groups in total. The van der Waals surface area contributed by atoms with Crippen molar-refractivity contribution >= 4 is 0 Å². The summed E-state index contributed by atoms with van der Waals surface area (Å²) in [6.07, 6.45) is 2.26. The van der Waals surface area contributed by atoms with Crippen molar-refractivity contribution in [1.82, 2.24) is 5.32 Å². The van der Waals surface area contributed by atoms with E-state index in [4.69, 9.17) is 0 Å². The molecule has 3 atom stereocenters. The van der Waals surface area contributed by atoms with Crippen molar-refractivity contribution in [1.29, 1.82) is 0 Å². The Morgan fingerprint density at radius 2 is 2.27 bits per heavy atom. The van der Waals surface area contributed by atoms with E-state index in [2.05, 4.69) is 19.2 Å². The van der Waals surface area contributed by atoms with Gasteiger partial charge in [-0.3, -0.25) is 0 Å². The lowest BCUT2D eigenvalue weighted by atomic mass is 10.0. The summed E-state index contributed by atoms with van der Waals surface area (Å²) in [6.45, 7) is 4.38. The average Bonchev–Trinajstić information content (AvgIpc) is 2.91. The van der Waals surface area contributed by atoms with Crippen LogP contribution in [-0.4, -0.2) is 6.04 Å². The largest absolute Gasteiger partial charge is 0.307 e. The van der Waals surface area contributed by atoms with Gasteiger partial charge in [0.25, 0.3) is 0 Å². The van der Waals surface area contributed by atoms with E-state index in [1.807, 2.05) is 6.07 Å². The van der Waals surface area contributed by atoms with E-state index in [0.717, 1.165) is 17.9 Å². The zero-order valence-electron chi connectivity index (χ0n) is 9.33. The summed E-state index contributed by atoms with van der Waals surface area (Å²) in [7, 11) is 0. The molecule has 0 heterocycles. The molecular weight excluding hydrogens is 189 g/mol. The molecule has 15 heavy (non-hydrogen) atoms. The highest BCUT2D eigenvalue weighted by Crippen LogP contribution is 2.32. The van der Waals surface area contributed by atoms with Crippen molar-refractivity contribution < 1.29 is 4.39 Å². The van der Waals surface area contributed by atoms with Gasteiger partial charge in [0.1, 0.15) is 5.82 Å². The first-order valence-electron chi connectivity index (χ1n) is 5.72. The first-order chi connectivity index (χ1) is 7.20. The van der Waals surface area contributed by atoms with Gasteiger partial charge in [0.15, 0.2) is 0 Å². The molecule has 1 fully saturated rings. The van der Waals surface area contributed by atoms with Crippen LogP contribution in [-0.2, 0) is 0 Å². The third kappa shape index (κ3) is 2.57. The molecule has 3 unspecified atom stereocenters. The Morgan fingerprint density at radius 3 is 2.80 bits per heavy atom. The second kappa shape index (κ2) is 4.31. The van der Waals surface area contributed by atoms with Crippen LogP contribution in [0.25, 0.3) is 0 Å². The average molecular weight is 207 g/mol. The molecule has 0 aromatic heterocycles. The molecule has 1 aromatic rings. The van der Waals surface area contributed by atoms with Gasteiger partial charge in [-0.1, -0.05) is 26.0 Å². The highest BCUT2D eigenvalue weighted by Gasteiger charge is 2.33. The highest BCUT2D eigenvalue weighted by molar-refractivity contribution is 5.20. The molecule has 1 aliphatic carbocycles. The molecule has 0 aliphatic heterocycles. The molecule has 0 saturated heterocycles. The van der Waals surface area contributed by atoms with Crippen molar-refractivity contribution in [2.75, 3.05) is 0 Å². The third-order valence-electron chi connectivity index (χ3n) is 3.18. The summed E-state index contributed by atoms with van der Waals surface area (Å²) in [6, 6.07) is 7.85. The predicted molar refractivity (Wildman–Crippen MR) is 60.1 cm³/mol. The topological polar surface area (TPSA) is 12.0 Å². The standard InChI is InChI=1S/C13H18FN/c1-3-12(15-13-7-9(13)2)10-5-4-6-11(14)8-10/h4-6,8-9,12-13,15H,3,7H2,1-2H3. The summed E-state index contributed by atoms with van der Waals surface area (Å²) in [5.41, 5.74) is 1.07. The SMILES string of the molecule is CCC(NC1CC1C)c1cccc(F)c1. The van der Waals surface area contributed by atoms with Crippen molar-refractivity contribution in [2.24, 2.45) is 5.92 Å². The van der Waals surface area contributed by atoms with Crippen molar-refractivity contribution in [3.05, 3.63) is 35.6 Å². The normalized spacial score (nSPS) is 26.3. The molecular formula is C13H18FN. The van der Waals surface area contributed by atoms with Crippen LogP contribution in [0.3, 0.4) is 0 Å². The van der Waals surface area contributed by atoms with Crippen molar-refractivity contribution in [3.63, 3.8) is 0 Å². The summed E-state index contributed by atoms with van der Waals surface area (Å²) < 4.78 is 13.1. The molecule has 2 rings (SSSR count). The van der Waals surface area contributed by atoms with Crippen LogP contribution < -0.4 is 5.32 Å². The summed E-state index contributed by atoms with van der Waals surface area (Å²) >= 11 is 0. The van der Waals surface area contributed by atoms with Gasteiger partial charge in [0.05, 0.1) is 0 Å². The molecule has 0 amide bonds. The lowest BCUT2D eigenvalue weighted by Gasteiger charge is -2.17. The molecule has 1 saturated carbocycles. The van der Waals surface area contributed by atoms with E-state index in [1.165, 1.54) is 12.5 Å². The third-order valence-corrected chi connectivity index (χ3v) is 3.18. The van der Waals surface area contributed by atoms with E-state index in [1.54, 1.807) is 12.1 Å². The molecule has 1 aromatic carbocycles. The molecule has 0 spiro atoms. The van der Waals surface area contributed by atoms with Gasteiger partial charge in [-0.05, 0) is 36.5 Å². The highest BCUT2D eigenvalue weighted by atomic mass is 19.1. The molecule has 0 bridgehead atoms. The maximum atomic E-state index is 13.1. The Morgan fingerprint density at radius 1 is 1.53 bits per heavy atom. The first-order valence-corrected chi connectivity index (χ1v) is 5.72. The van der Waals surface area contributed by atoms with E-state index >= 15 is 0 Å². The molecule has 82 valence electrons. The Kier molecular flexibility index (Phi) is 3.06. The quantitative estimate of drug-likeness (QED) is 0.799. The minimum Gasteiger partial charge on any atom is -0.307 e. The fraction of sp³-hybridized carbons (Fsp3) is 0.538. The number of rotatable bonds is 4. The van der Waals surface area contributed by atoms with Crippen molar-refractivity contribution in [3.8, 4) is 0 Å². The predicted octanol–water partition coefficient (Wildman–Crippen LogP) is 3.27. The lowest BCUT2D eigenvalue weighted by Crippen LogP contribution is -2.24. The number of hydrogen-bond acceptors (Lipinski definition) is 1. The fourth-order valence-corrected chi connectivity index (χ4v) is 1.99. The second-order valence-electron chi connectivity index (χ2n) is 4.50. The van der Waals surface area contributed by atoms with E-state index < -0.39 is 0 Å². The van der Waals surface area contributed by atoms with Gasteiger partial charge in [-0.25, -0.2) is 4.39 Å². The van der Waals surface area contributed by atoms with E-state index in [9.17, 15) is 4.39 Å². The number of hydrogen-bond donors (Lipinski definition) is 1. The summed E-state index contributed by atoms with van der Waals surface area (Å²) in [5.74, 6) is 0.643. The van der Waals surface area contributed by atoms with Crippen LogP contribution in [0.1, 0.15) is 38.3 Å². The van der Waals surface area contributed by atoms with Crippen LogP contribution in [0, 0.1) is 11.7 Å². The minimum absolute atomic E-state index is 0.142. The number of halogens is 1. The molecule has 2 heteroatoms.